The van der Waals surface area contributed by atoms with Crippen LogP contribution in [0.15, 0.2) is 28.9 Å². The van der Waals surface area contributed by atoms with Gasteiger partial charge in [0.05, 0.1) is 5.03 Å². The lowest BCUT2D eigenvalue weighted by Gasteiger charge is -1.76. The normalized spacial score (nSPS) is 10.7. The first-order valence-electron chi connectivity index (χ1n) is 1.75. The quantitative estimate of drug-likeness (QED) is 0.385. The monoisotopic (exact) mass is 115 g/mol. The first-order chi connectivity index (χ1) is 3.31. The number of aliphatic imine (C=N–C) groups is 1. The van der Waals surface area contributed by atoms with E-state index in [0.717, 1.165) is 0 Å². The van der Waals surface area contributed by atoms with Gasteiger partial charge in [0.25, 0.3) is 0 Å². The second-order valence-corrected chi connectivity index (χ2v) is 1.34. The zero-order valence-corrected chi connectivity index (χ0v) is 4.65. The lowest BCUT2D eigenvalue weighted by molar-refractivity contribution is 1.60. The molecule has 0 radical (unpaired) electrons. The summed E-state index contributed by atoms with van der Waals surface area (Å²) in [5.41, 5.74) is 0. The van der Waals surface area contributed by atoms with Crippen LogP contribution in [0.25, 0.3) is 0 Å². The van der Waals surface area contributed by atoms with Crippen molar-refractivity contribution in [1.82, 2.24) is 0 Å². The van der Waals surface area contributed by atoms with Crippen molar-refractivity contribution in [1.29, 1.82) is 0 Å². The fraction of sp³-hybridized carbons (Fsp3) is 0. The highest BCUT2D eigenvalue weighted by Gasteiger charge is 1.73. The molecule has 0 aromatic heterocycles. The van der Waals surface area contributed by atoms with Crippen LogP contribution in [-0.4, -0.2) is 6.72 Å². The Bertz CT molecular complexity index is 105. The third kappa shape index (κ3) is 3.27. The van der Waals surface area contributed by atoms with Crippen LogP contribution in [0.3, 0.4) is 0 Å². The number of allylic oxidation sites excluding steroid dienone is 2. The van der Waals surface area contributed by atoms with Gasteiger partial charge in [-0.25, -0.2) is 0 Å². The van der Waals surface area contributed by atoms with Crippen LogP contribution >= 0.6 is 11.6 Å². The van der Waals surface area contributed by atoms with Crippen LogP contribution in [0.5, 0.6) is 0 Å². The number of hydrogen-bond acceptors (Lipinski definition) is 1. The molecule has 2 heteroatoms. The Labute approximate surface area is 48.0 Å². The molecule has 0 aliphatic heterocycles. The van der Waals surface area contributed by atoms with E-state index >= 15 is 0 Å². The Morgan fingerprint density at radius 1 is 1.71 bits per heavy atom. The fourth-order valence-electron chi connectivity index (χ4n) is 0.140. The molecular formula is C5H6ClN. The van der Waals surface area contributed by atoms with Crippen molar-refractivity contribution < 1.29 is 0 Å². The Hall–Kier alpha value is -0.560. The van der Waals surface area contributed by atoms with E-state index in [4.69, 9.17) is 11.6 Å². The molecular weight excluding hydrogens is 110 g/mol. The van der Waals surface area contributed by atoms with Crippen LogP contribution in [-0.2, 0) is 0 Å². The van der Waals surface area contributed by atoms with E-state index in [1.807, 2.05) is 0 Å². The van der Waals surface area contributed by atoms with E-state index in [-0.39, 0.29) is 0 Å². The maximum absolute atomic E-state index is 5.37. The lowest BCUT2D eigenvalue weighted by Crippen LogP contribution is -1.54. The summed E-state index contributed by atoms with van der Waals surface area (Å²) in [6, 6.07) is 0. The van der Waals surface area contributed by atoms with Crippen LogP contribution < -0.4 is 0 Å². The van der Waals surface area contributed by atoms with Crippen molar-refractivity contribution in [3.63, 3.8) is 0 Å². The Balaban J connectivity index is 3.72. The van der Waals surface area contributed by atoms with Gasteiger partial charge < -0.3 is 0 Å². The highest BCUT2D eigenvalue weighted by molar-refractivity contribution is 6.31. The highest BCUT2D eigenvalue weighted by atomic mass is 35.5. The van der Waals surface area contributed by atoms with Crippen molar-refractivity contribution in [2.45, 2.75) is 0 Å². The Morgan fingerprint density at radius 3 is 2.43 bits per heavy atom. The number of nitrogens with zero attached hydrogens (tertiary/aromatic N) is 1. The summed E-state index contributed by atoms with van der Waals surface area (Å²) in [6.07, 6.45) is 2.92. The summed E-state index contributed by atoms with van der Waals surface area (Å²) in [4.78, 5) is 3.39. The van der Waals surface area contributed by atoms with E-state index in [1.54, 1.807) is 0 Å². The average Bonchev–Trinajstić information content (AvgIpc) is 1.68. The van der Waals surface area contributed by atoms with Gasteiger partial charge in [0.2, 0.25) is 0 Å². The Kier molecular flexibility index (Phi) is 3.33. The third-order valence-electron chi connectivity index (χ3n) is 0.410. The van der Waals surface area contributed by atoms with Gasteiger partial charge in [-0.2, -0.15) is 0 Å². The van der Waals surface area contributed by atoms with E-state index < -0.39 is 0 Å². The van der Waals surface area contributed by atoms with E-state index in [9.17, 15) is 0 Å². The first-order valence-corrected chi connectivity index (χ1v) is 2.13. The van der Waals surface area contributed by atoms with Gasteiger partial charge in [-0.3, -0.25) is 4.99 Å². The minimum atomic E-state index is 0.509. The zero-order chi connectivity index (χ0) is 5.70. The summed E-state index contributed by atoms with van der Waals surface area (Å²) >= 11 is 5.37. The second-order valence-electron chi connectivity index (χ2n) is 0.901. The van der Waals surface area contributed by atoms with Gasteiger partial charge in [-0.15, -0.1) is 0 Å². The zero-order valence-electron chi connectivity index (χ0n) is 3.89. The molecule has 0 bridgehead atoms. The van der Waals surface area contributed by atoms with Crippen molar-refractivity contribution in [2.75, 3.05) is 0 Å². The van der Waals surface area contributed by atoms with Crippen molar-refractivity contribution in [3.8, 4) is 0 Å². The van der Waals surface area contributed by atoms with Gasteiger partial charge >= 0.3 is 0 Å². The smallest absolute Gasteiger partial charge is 0.0582 e. The van der Waals surface area contributed by atoms with Crippen molar-refractivity contribution in [3.05, 3.63) is 23.9 Å². The van der Waals surface area contributed by atoms with Gasteiger partial charge in [-0.05, 0) is 12.8 Å². The van der Waals surface area contributed by atoms with Gasteiger partial charge in [0, 0.05) is 6.20 Å². The molecule has 0 fully saturated rings. The van der Waals surface area contributed by atoms with E-state index in [2.05, 4.69) is 18.3 Å². The van der Waals surface area contributed by atoms with Crippen LogP contribution in [0, 0.1) is 0 Å². The topological polar surface area (TPSA) is 12.4 Å². The van der Waals surface area contributed by atoms with Crippen molar-refractivity contribution >= 4 is 18.3 Å². The molecule has 0 aliphatic carbocycles. The number of halogens is 1. The van der Waals surface area contributed by atoms with Crippen LogP contribution in [0.2, 0.25) is 0 Å². The molecule has 0 aliphatic rings. The SMILES string of the molecule is C=CC(Cl)=CN=C. The molecule has 7 heavy (non-hydrogen) atoms. The van der Waals surface area contributed by atoms with E-state index in [0.29, 0.717) is 5.03 Å². The maximum Gasteiger partial charge on any atom is 0.0582 e. The molecule has 0 spiro atoms. The lowest BCUT2D eigenvalue weighted by atomic mass is 10.6. The molecule has 0 saturated carbocycles. The van der Waals surface area contributed by atoms with Crippen LogP contribution in [0.1, 0.15) is 0 Å². The third-order valence-corrected chi connectivity index (χ3v) is 0.662. The highest BCUT2D eigenvalue weighted by Crippen LogP contribution is 1.99. The van der Waals surface area contributed by atoms with E-state index in [1.165, 1.54) is 12.3 Å². The molecule has 0 unspecified atom stereocenters. The maximum atomic E-state index is 5.37. The molecule has 0 amide bonds. The van der Waals surface area contributed by atoms with Gasteiger partial charge in [0.15, 0.2) is 0 Å². The second kappa shape index (κ2) is 3.62. The standard InChI is InChI=1S/C5H6ClN/c1-3-5(6)4-7-2/h3-4H,1-2H2. The summed E-state index contributed by atoms with van der Waals surface area (Å²) < 4.78 is 0. The molecule has 0 N–H and O–H groups in total. The fourth-order valence-corrected chi connectivity index (χ4v) is 0.209. The molecule has 0 saturated heterocycles. The summed E-state index contributed by atoms with van der Waals surface area (Å²) in [5.74, 6) is 0. The summed E-state index contributed by atoms with van der Waals surface area (Å²) in [6.45, 7) is 6.58. The van der Waals surface area contributed by atoms with Gasteiger partial charge in [0.1, 0.15) is 0 Å². The molecule has 0 heterocycles. The molecule has 0 atom stereocenters. The molecule has 38 valence electrons. The molecule has 0 aromatic rings. The summed E-state index contributed by atoms with van der Waals surface area (Å²) in [7, 11) is 0. The molecule has 1 nitrogen and oxygen atoms in total. The largest absolute Gasteiger partial charge is 0.271 e. The minimum absolute atomic E-state index is 0.509. The predicted octanol–water partition coefficient (Wildman–Crippen LogP) is 1.95. The number of rotatable bonds is 2. The average molecular weight is 116 g/mol. The molecule has 0 aromatic carbocycles. The first kappa shape index (κ1) is 6.44. The molecule has 0 rings (SSSR count). The number of hydrogen-bond donors (Lipinski definition) is 0. The predicted molar refractivity (Wildman–Crippen MR) is 33.7 cm³/mol. The minimum Gasteiger partial charge on any atom is -0.271 e. The summed E-state index contributed by atoms with van der Waals surface area (Å²) in [5, 5.41) is 0.509. The van der Waals surface area contributed by atoms with Gasteiger partial charge in [-0.1, -0.05) is 18.2 Å². The Morgan fingerprint density at radius 2 is 2.29 bits per heavy atom. The van der Waals surface area contributed by atoms with Crippen LogP contribution in [0.4, 0.5) is 0 Å². The van der Waals surface area contributed by atoms with Crippen molar-refractivity contribution in [2.24, 2.45) is 4.99 Å².